The fraction of sp³-hybridized carbons (Fsp3) is 0.800. The number of rotatable bonds is 7. The van der Waals surface area contributed by atoms with Gasteiger partial charge < -0.3 is 20.3 Å². The smallest absolute Gasteiger partial charge is 0.232 e. The van der Waals surface area contributed by atoms with E-state index in [0.717, 1.165) is 31.9 Å². The van der Waals surface area contributed by atoms with Gasteiger partial charge in [0.05, 0.1) is 13.2 Å². The highest BCUT2D eigenvalue weighted by Crippen LogP contribution is 2.16. The van der Waals surface area contributed by atoms with Gasteiger partial charge in [0.25, 0.3) is 0 Å². The molecule has 124 valence electrons. The molecule has 0 amide bonds. The van der Waals surface area contributed by atoms with Gasteiger partial charge in [-0.15, -0.1) is 0 Å². The van der Waals surface area contributed by atoms with E-state index in [2.05, 4.69) is 58.2 Å². The molecule has 2 heterocycles. The van der Waals surface area contributed by atoms with Crippen LogP contribution in [0.2, 0.25) is 0 Å². The SMILES string of the molecule is CC[C@H](C)Nc1nc(N[C@@H](C)CC)nc(N2CCOCC2)n1. The Morgan fingerprint density at radius 1 is 0.955 bits per heavy atom. The molecule has 0 aliphatic carbocycles. The van der Waals surface area contributed by atoms with Crippen molar-refractivity contribution in [2.45, 2.75) is 52.6 Å². The van der Waals surface area contributed by atoms with Gasteiger partial charge in [-0.05, 0) is 26.7 Å². The predicted octanol–water partition coefficient (Wildman–Crippen LogP) is 2.13. The van der Waals surface area contributed by atoms with Crippen molar-refractivity contribution in [3.63, 3.8) is 0 Å². The fourth-order valence-electron chi connectivity index (χ4n) is 2.04. The summed E-state index contributed by atoms with van der Waals surface area (Å²) in [5, 5.41) is 6.69. The van der Waals surface area contributed by atoms with Crippen molar-refractivity contribution in [3.05, 3.63) is 0 Å². The quantitative estimate of drug-likeness (QED) is 0.799. The fourth-order valence-corrected chi connectivity index (χ4v) is 2.04. The molecule has 0 saturated carbocycles. The molecule has 0 spiro atoms. The summed E-state index contributed by atoms with van der Waals surface area (Å²) < 4.78 is 5.40. The Morgan fingerprint density at radius 2 is 1.45 bits per heavy atom. The lowest BCUT2D eigenvalue weighted by atomic mass is 10.3. The summed E-state index contributed by atoms with van der Waals surface area (Å²) in [5.41, 5.74) is 0. The van der Waals surface area contributed by atoms with Crippen LogP contribution in [0, 0.1) is 0 Å². The Labute approximate surface area is 132 Å². The Kier molecular flexibility index (Phi) is 6.18. The summed E-state index contributed by atoms with van der Waals surface area (Å²) in [4.78, 5) is 15.8. The molecule has 0 radical (unpaired) electrons. The second-order valence-electron chi connectivity index (χ2n) is 5.79. The van der Waals surface area contributed by atoms with E-state index in [1.54, 1.807) is 0 Å². The van der Waals surface area contributed by atoms with Gasteiger partial charge in [-0.1, -0.05) is 13.8 Å². The zero-order valence-corrected chi connectivity index (χ0v) is 14.1. The lowest BCUT2D eigenvalue weighted by Gasteiger charge is -2.27. The first-order valence-corrected chi connectivity index (χ1v) is 8.24. The van der Waals surface area contributed by atoms with Crippen molar-refractivity contribution in [2.24, 2.45) is 0 Å². The van der Waals surface area contributed by atoms with Crippen LogP contribution in [0.15, 0.2) is 0 Å². The van der Waals surface area contributed by atoms with Gasteiger partial charge >= 0.3 is 0 Å². The number of hydrogen-bond donors (Lipinski definition) is 2. The molecule has 1 aliphatic heterocycles. The molecule has 1 saturated heterocycles. The largest absolute Gasteiger partial charge is 0.378 e. The monoisotopic (exact) mass is 308 g/mol. The molecule has 0 unspecified atom stereocenters. The van der Waals surface area contributed by atoms with Crippen LogP contribution in [0.5, 0.6) is 0 Å². The lowest BCUT2D eigenvalue weighted by molar-refractivity contribution is 0.122. The Morgan fingerprint density at radius 3 is 1.91 bits per heavy atom. The molecule has 2 rings (SSSR count). The average molecular weight is 308 g/mol. The first-order valence-electron chi connectivity index (χ1n) is 8.24. The molecule has 22 heavy (non-hydrogen) atoms. The Bertz CT molecular complexity index is 433. The van der Waals surface area contributed by atoms with Gasteiger partial charge in [0.1, 0.15) is 0 Å². The molecule has 0 bridgehead atoms. The van der Waals surface area contributed by atoms with Crippen LogP contribution in [-0.4, -0.2) is 53.3 Å². The van der Waals surface area contributed by atoms with Crippen LogP contribution in [0.25, 0.3) is 0 Å². The summed E-state index contributed by atoms with van der Waals surface area (Å²) in [6.45, 7) is 11.6. The van der Waals surface area contributed by atoms with E-state index >= 15 is 0 Å². The third kappa shape index (κ3) is 4.69. The highest BCUT2D eigenvalue weighted by Gasteiger charge is 2.17. The minimum atomic E-state index is 0.330. The molecule has 1 aromatic heterocycles. The van der Waals surface area contributed by atoms with Crippen molar-refractivity contribution in [2.75, 3.05) is 41.8 Å². The summed E-state index contributed by atoms with van der Waals surface area (Å²) in [6, 6.07) is 0.660. The van der Waals surface area contributed by atoms with Crippen LogP contribution in [0.4, 0.5) is 17.8 Å². The van der Waals surface area contributed by atoms with Gasteiger partial charge in [0.15, 0.2) is 0 Å². The summed E-state index contributed by atoms with van der Waals surface area (Å²) in [6.07, 6.45) is 2.04. The maximum Gasteiger partial charge on any atom is 0.232 e. The van der Waals surface area contributed by atoms with Crippen LogP contribution in [-0.2, 0) is 4.74 Å². The van der Waals surface area contributed by atoms with Crippen molar-refractivity contribution >= 4 is 17.8 Å². The van der Waals surface area contributed by atoms with Crippen molar-refractivity contribution in [1.82, 2.24) is 15.0 Å². The number of hydrogen-bond acceptors (Lipinski definition) is 7. The maximum atomic E-state index is 5.40. The van der Waals surface area contributed by atoms with E-state index in [-0.39, 0.29) is 0 Å². The highest BCUT2D eigenvalue weighted by molar-refractivity contribution is 5.44. The van der Waals surface area contributed by atoms with Gasteiger partial charge in [-0.2, -0.15) is 15.0 Å². The maximum absolute atomic E-state index is 5.40. The number of morpholine rings is 1. The van der Waals surface area contributed by atoms with E-state index in [1.807, 2.05) is 0 Å². The lowest BCUT2D eigenvalue weighted by Crippen LogP contribution is -2.37. The standard InChI is InChI=1S/C15H28N6O/c1-5-11(3)16-13-18-14(17-12(4)6-2)20-15(19-13)21-7-9-22-10-8-21/h11-12H,5-10H2,1-4H3,(H2,16,17,18,19,20)/t11-,12-/m0/s1. The Balaban J connectivity index is 2.22. The molecule has 2 atom stereocenters. The minimum Gasteiger partial charge on any atom is -0.378 e. The zero-order valence-electron chi connectivity index (χ0n) is 14.1. The zero-order chi connectivity index (χ0) is 15.9. The van der Waals surface area contributed by atoms with Gasteiger partial charge in [-0.25, -0.2) is 0 Å². The molecule has 1 aliphatic rings. The average Bonchev–Trinajstić information content (AvgIpc) is 2.55. The van der Waals surface area contributed by atoms with E-state index in [4.69, 9.17) is 4.74 Å². The Hall–Kier alpha value is -1.63. The summed E-state index contributed by atoms with van der Waals surface area (Å²) in [7, 11) is 0. The summed E-state index contributed by atoms with van der Waals surface area (Å²) in [5.74, 6) is 1.99. The molecule has 0 aromatic carbocycles. The molecule has 1 fully saturated rings. The van der Waals surface area contributed by atoms with Gasteiger partial charge in [-0.3, -0.25) is 0 Å². The number of anilines is 3. The highest BCUT2D eigenvalue weighted by atomic mass is 16.5. The van der Waals surface area contributed by atoms with Crippen molar-refractivity contribution in [3.8, 4) is 0 Å². The molecular formula is C15H28N6O. The minimum absolute atomic E-state index is 0.330. The van der Waals surface area contributed by atoms with Crippen LogP contribution < -0.4 is 15.5 Å². The number of nitrogens with one attached hydrogen (secondary N) is 2. The van der Waals surface area contributed by atoms with Crippen LogP contribution >= 0.6 is 0 Å². The number of ether oxygens (including phenoxy) is 1. The first kappa shape index (κ1) is 16.7. The van der Waals surface area contributed by atoms with Crippen LogP contribution in [0.1, 0.15) is 40.5 Å². The molecular weight excluding hydrogens is 280 g/mol. The van der Waals surface area contributed by atoms with Gasteiger partial charge in [0, 0.05) is 25.2 Å². The first-order chi connectivity index (χ1) is 10.6. The van der Waals surface area contributed by atoms with E-state index < -0.39 is 0 Å². The van der Waals surface area contributed by atoms with Crippen LogP contribution in [0.3, 0.4) is 0 Å². The molecule has 7 heteroatoms. The van der Waals surface area contributed by atoms with Crippen molar-refractivity contribution in [1.29, 1.82) is 0 Å². The molecule has 1 aromatic rings. The van der Waals surface area contributed by atoms with E-state index in [9.17, 15) is 0 Å². The van der Waals surface area contributed by atoms with E-state index in [0.29, 0.717) is 37.2 Å². The number of aromatic nitrogens is 3. The third-order valence-electron chi connectivity index (χ3n) is 3.89. The summed E-state index contributed by atoms with van der Waals surface area (Å²) >= 11 is 0. The van der Waals surface area contributed by atoms with E-state index in [1.165, 1.54) is 0 Å². The third-order valence-corrected chi connectivity index (χ3v) is 3.89. The second kappa shape index (κ2) is 8.12. The van der Waals surface area contributed by atoms with Gasteiger partial charge in [0.2, 0.25) is 17.8 Å². The molecule has 7 nitrogen and oxygen atoms in total. The normalized spacial score (nSPS) is 17.9. The van der Waals surface area contributed by atoms with Crippen molar-refractivity contribution < 1.29 is 4.74 Å². The second-order valence-corrected chi connectivity index (χ2v) is 5.79. The molecule has 2 N–H and O–H groups in total. The number of nitrogens with zero attached hydrogens (tertiary/aromatic N) is 4. The predicted molar refractivity (Wildman–Crippen MR) is 89.6 cm³/mol. The topological polar surface area (TPSA) is 75.2 Å².